The molecule has 0 heterocycles. The summed E-state index contributed by atoms with van der Waals surface area (Å²) in [6.45, 7) is 2.40. The van der Waals surface area contributed by atoms with Crippen LogP contribution in [0.4, 0.5) is 0 Å². The van der Waals surface area contributed by atoms with Crippen LogP contribution in [-0.2, 0) is 14.3 Å². The van der Waals surface area contributed by atoms with E-state index in [1.54, 1.807) is 12.7 Å². The standard InChI is InChI=1S/C27H32O3.CH4.2HI.V/c1-25-16-22(17-3-7-20(30-2)8-4-17)24-21-9-6-19(28)15-18(21)5-10-23(24)26(25)11-13-27(25,29)14-12-26;;;;/h3-4,7-8,15,22-23,29H,5-6,9-14,16H2,1-2H3;1H4;2*1H;/q;;;;+2/p-2/t22-,23?,25+,26?,27?;;;;/m1..../s1. The van der Waals surface area contributed by atoms with E-state index in [0.717, 1.165) is 57.1 Å². The van der Waals surface area contributed by atoms with Crippen LogP contribution in [0, 0.1) is 16.7 Å². The summed E-state index contributed by atoms with van der Waals surface area (Å²) in [5.41, 5.74) is 5.46. The molecular formula is C28H36I2O3V. The van der Waals surface area contributed by atoms with E-state index < -0.39 is 5.60 Å². The number of allylic oxidation sites excluding steroid dienone is 4. The third-order valence-electron chi connectivity index (χ3n) is 10.0. The van der Waals surface area contributed by atoms with Crippen LogP contribution < -0.4 is 4.74 Å². The molecule has 5 aliphatic rings. The van der Waals surface area contributed by atoms with E-state index in [-0.39, 0.29) is 18.3 Å². The molecule has 185 valence electrons. The van der Waals surface area contributed by atoms with E-state index >= 15 is 0 Å². The Labute approximate surface area is 233 Å². The van der Waals surface area contributed by atoms with Crippen molar-refractivity contribution in [3.8, 4) is 5.75 Å². The van der Waals surface area contributed by atoms with Gasteiger partial charge >= 0.3 is 49.4 Å². The monoisotopic (exact) mass is 725 g/mol. The molecule has 1 aromatic carbocycles. The zero-order valence-electron chi connectivity index (χ0n) is 19.4. The number of ether oxygens (including phenoxy) is 1. The number of carbonyl (C=O) groups excluding carboxylic acids is 1. The SMILES string of the molecule is C.COc1ccc([C@H]2C[C@]3(C)C4(O)CCC3(CC4)C3CCC4=CC(=O)CCC4=C32)cc1.[I][V][I]. The summed E-state index contributed by atoms with van der Waals surface area (Å²) in [6.07, 6.45) is 10.9. The van der Waals surface area contributed by atoms with Gasteiger partial charge in [-0.25, -0.2) is 0 Å². The van der Waals surface area contributed by atoms with E-state index in [2.05, 4.69) is 71.1 Å². The number of ketones is 1. The number of halogens is 2. The van der Waals surface area contributed by atoms with Gasteiger partial charge < -0.3 is 9.84 Å². The summed E-state index contributed by atoms with van der Waals surface area (Å²) in [4.78, 5) is 12.2. The topological polar surface area (TPSA) is 46.5 Å². The Bertz CT molecular complexity index is 1010. The molecule has 0 radical (unpaired) electrons. The first-order valence-corrected chi connectivity index (χ1v) is 21.1. The van der Waals surface area contributed by atoms with Crippen LogP contribution in [-0.4, -0.2) is 23.6 Å². The van der Waals surface area contributed by atoms with E-state index in [1.165, 1.54) is 16.7 Å². The predicted octanol–water partition coefficient (Wildman–Crippen LogP) is 7.89. The number of fused-ring (bicyclic) bond motifs is 2. The maximum atomic E-state index is 12.2. The predicted molar refractivity (Wildman–Crippen MR) is 151 cm³/mol. The second kappa shape index (κ2) is 10.1. The van der Waals surface area contributed by atoms with Gasteiger partial charge in [-0.3, -0.25) is 4.79 Å². The molecule has 34 heavy (non-hydrogen) atoms. The first-order valence-electron chi connectivity index (χ1n) is 12.1. The van der Waals surface area contributed by atoms with Crippen molar-refractivity contribution >= 4 is 45.7 Å². The van der Waals surface area contributed by atoms with Crippen molar-refractivity contribution in [2.75, 3.05) is 7.11 Å². The molecule has 1 unspecified atom stereocenters. The molecule has 6 heteroatoms. The number of hydrogen-bond donors (Lipinski definition) is 1. The Morgan fingerprint density at radius 2 is 1.71 bits per heavy atom. The molecule has 1 aromatic rings. The quantitative estimate of drug-likeness (QED) is 0.316. The second-order valence-corrected chi connectivity index (χ2v) is 22.6. The fourth-order valence-corrected chi connectivity index (χ4v) is 8.46. The van der Waals surface area contributed by atoms with Gasteiger partial charge in [-0.15, -0.1) is 0 Å². The molecule has 2 bridgehead atoms. The van der Waals surface area contributed by atoms with Gasteiger partial charge in [-0.1, -0.05) is 32.1 Å². The van der Waals surface area contributed by atoms with Gasteiger partial charge in [0.2, 0.25) is 0 Å². The van der Waals surface area contributed by atoms with Crippen LogP contribution in [0.1, 0.15) is 83.6 Å². The number of hydrogen-bond acceptors (Lipinski definition) is 3. The summed E-state index contributed by atoms with van der Waals surface area (Å²) >= 11 is 4.74. The number of methoxy groups -OCH3 is 1. The summed E-state index contributed by atoms with van der Waals surface area (Å²) < 4.78 is 5.41. The first kappa shape index (κ1) is 27.2. The van der Waals surface area contributed by atoms with Gasteiger partial charge in [-0.2, -0.15) is 0 Å². The average Bonchev–Trinajstić information content (AvgIpc) is 3.19. The minimum atomic E-state index is -0.507. The van der Waals surface area contributed by atoms with Crippen molar-refractivity contribution in [2.45, 2.75) is 83.7 Å². The minimum absolute atomic E-state index is 0. The maximum absolute atomic E-state index is 12.2. The molecule has 0 aromatic heterocycles. The summed E-state index contributed by atoms with van der Waals surface area (Å²) in [7, 11) is 2.34. The third-order valence-corrected chi connectivity index (χ3v) is 10.0. The zero-order chi connectivity index (χ0) is 23.4. The number of rotatable bonds is 2. The Balaban J connectivity index is 0.000000652. The number of aliphatic hydroxyl groups is 1. The summed E-state index contributed by atoms with van der Waals surface area (Å²) in [5.74, 6) is 2.05. The van der Waals surface area contributed by atoms with Crippen LogP contribution in [0.25, 0.3) is 0 Å². The van der Waals surface area contributed by atoms with Crippen molar-refractivity contribution in [1.82, 2.24) is 0 Å². The molecule has 0 amide bonds. The van der Waals surface area contributed by atoms with Crippen LogP contribution in [0.15, 0.2) is 47.1 Å². The van der Waals surface area contributed by atoms with Crippen LogP contribution in [0.2, 0.25) is 0 Å². The van der Waals surface area contributed by atoms with Crippen molar-refractivity contribution < 1.29 is 24.1 Å². The van der Waals surface area contributed by atoms with E-state index in [0.29, 0.717) is 33.5 Å². The Morgan fingerprint density at radius 1 is 1.06 bits per heavy atom. The molecule has 3 atom stereocenters. The van der Waals surface area contributed by atoms with E-state index in [1.807, 2.05) is 6.08 Å². The Morgan fingerprint density at radius 3 is 2.32 bits per heavy atom. The molecule has 0 spiro atoms. The molecule has 0 saturated heterocycles. The molecule has 0 aliphatic heterocycles. The third kappa shape index (κ3) is 3.93. The first-order chi connectivity index (χ1) is 15.8. The molecule has 1 N–H and O–H groups in total. The number of carbonyl (C=O) groups is 1. The fraction of sp³-hybridized carbons (Fsp3) is 0.607. The van der Waals surface area contributed by atoms with E-state index in [4.69, 9.17) is 4.74 Å². The van der Waals surface area contributed by atoms with Gasteiger partial charge in [-0.05, 0) is 97.6 Å². The molecule has 3 nitrogen and oxygen atoms in total. The Hall–Kier alpha value is 0.174. The second-order valence-electron chi connectivity index (χ2n) is 10.8. The Kier molecular flexibility index (Phi) is 8.12. The van der Waals surface area contributed by atoms with Gasteiger partial charge in [0.1, 0.15) is 5.75 Å². The summed E-state index contributed by atoms with van der Waals surface area (Å²) in [6, 6.07) is 8.60. The molecule has 5 aliphatic carbocycles. The number of benzene rings is 1. The molecule has 3 fully saturated rings. The normalized spacial score (nSPS) is 37.3. The summed E-state index contributed by atoms with van der Waals surface area (Å²) in [5, 5.41) is 11.7. The fourth-order valence-electron chi connectivity index (χ4n) is 8.46. The van der Waals surface area contributed by atoms with Crippen LogP contribution >= 0.6 is 40.0 Å². The van der Waals surface area contributed by atoms with Crippen molar-refractivity contribution in [3.05, 3.63) is 52.6 Å². The molecular weight excluding hydrogens is 689 g/mol. The molecule has 3 saturated carbocycles. The van der Waals surface area contributed by atoms with Gasteiger partial charge in [0.05, 0.1) is 12.7 Å². The van der Waals surface area contributed by atoms with Gasteiger partial charge in [0.15, 0.2) is 5.78 Å². The molecule has 6 rings (SSSR count). The van der Waals surface area contributed by atoms with Crippen LogP contribution in [0.5, 0.6) is 5.75 Å². The van der Waals surface area contributed by atoms with Crippen molar-refractivity contribution in [1.29, 1.82) is 0 Å². The van der Waals surface area contributed by atoms with Crippen molar-refractivity contribution in [3.63, 3.8) is 0 Å². The van der Waals surface area contributed by atoms with Crippen molar-refractivity contribution in [2.24, 2.45) is 16.7 Å². The van der Waals surface area contributed by atoms with Gasteiger partial charge in [0, 0.05) is 17.8 Å². The van der Waals surface area contributed by atoms with Crippen LogP contribution in [0.3, 0.4) is 0 Å². The van der Waals surface area contributed by atoms with Gasteiger partial charge in [0.25, 0.3) is 0 Å². The zero-order valence-corrected chi connectivity index (χ0v) is 25.1. The van der Waals surface area contributed by atoms with E-state index in [9.17, 15) is 9.90 Å². The average molecular weight is 725 g/mol.